The summed E-state index contributed by atoms with van der Waals surface area (Å²) in [5, 5.41) is 2.82. The minimum Gasteiger partial charge on any atom is -0.330 e. The van der Waals surface area contributed by atoms with Gasteiger partial charge in [0.05, 0.1) is 21.7 Å². The van der Waals surface area contributed by atoms with Crippen molar-refractivity contribution in [2.75, 3.05) is 0 Å². The number of aromatic amines is 1. The van der Waals surface area contributed by atoms with Crippen LogP contribution in [0.2, 0.25) is 5.02 Å². The Morgan fingerprint density at radius 2 is 1.95 bits per heavy atom. The molecule has 0 aliphatic heterocycles. The highest BCUT2D eigenvalue weighted by Gasteiger charge is 2.12. The zero-order valence-corrected chi connectivity index (χ0v) is 12.4. The largest absolute Gasteiger partial charge is 0.330 e. The van der Waals surface area contributed by atoms with Crippen molar-refractivity contribution >= 4 is 45.6 Å². The normalized spacial score (nSPS) is 11.3. The topological polar surface area (TPSA) is 33.6 Å². The van der Waals surface area contributed by atoms with Gasteiger partial charge in [-0.05, 0) is 41.9 Å². The summed E-state index contributed by atoms with van der Waals surface area (Å²) in [4.78, 5) is 7.43. The number of pyridine rings is 1. The van der Waals surface area contributed by atoms with Gasteiger partial charge >= 0.3 is 0 Å². The van der Waals surface area contributed by atoms with Gasteiger partial charge in [-0.15, -0.1) is 0 Å². The van der Waals surface area contributed by atoms with Crippen LogP contribution in [0, 0.1) is 4.77 Å². The van der Waals surface area contributed by atoms with Crippen molar-refractivity contribution in [1.82, 2.24) is 14.5 Å². The minimum atomic E-state index is 0.620. The molecule has 0 amide bonds. The molecule has 0 radical (unpaired) electrons. The molecule has 1 N–H and O–H groups in total. The summed E-state index contributed by atoms with van der Waals surface area (Å²) in [6, 6.07) is 13.8. The Morgan fingerprint density at radius 3 is 2.86 bits per heavy atom. The van der Waals surface area contributed by atoms with Gasteiger partial charge in [-0.25, -0.2) is 0 Å². The monoisotopic (exact) mass is 311 g/mol. The molecule has 0 unspecified atom stereocenters. The zero-order chi connectivity index (χ0) is 14.4. The average Bonchev–Trinajstić information content (AvgIpc) is 2.84. The summed E-state index contributed by atoms with van der Waals surface area (Å²) in [7, 11) is 0. The standard InChI is InChI=1S/C16H10ClN3S/c17-12-4-2-5-13-15(12)20(16(21)19-13)14-6-1-3-10-7-8-18-9-11(10)14/h1-9H,(H,19,21). The van der Waals surface area contributed by atoms with E-state index in [2.05, 4.69) is 16.0 Å². The van der Waals surface area contributed by atoms with Gasteiger partial charge in [0.2, 0.25) is 0 Å². The molecule has 0 atom stereocenters. The summed E-state index contributed by atoms with van der Waals surface area (Å²) < 4.78 is 2.59. The molecule has 2 aromatic heterocycles. The van der Waals surface area contributed by atoms with Crippen molar-refractivity contribution < 1.29 is 0 Å². The number of hydrogen-bond acceptors (Lipinski definition) is 2. The SMILES string of the molecule is S=c1[nH]c2cccc(Cl)c2n1-c1cccc2ccncc12. The molecule has 5 heteroatoms. The fraction of sp³-hybridized carbons (Fsp3) is 0. The summed E-state index contributed by atoms with van der Waals surface area (Å²) in [6.45, 7) is 0. The van der Waals surface area contributed by atoms with E-state index in [0.29, 0.717) is 9.79 Å². The lowest BCUT2D eigenvalue weighted by Crippen LogP contribution is -1.96. The molecule has 4 aromatic rings. The summed E-state index contributed by atoms with van der Waals surface area (Å²) >= 11 is 11.9. The first-order valence-electron chi connectivity index (χ1n) is 6.48. The van der Waals surface area contributed by atoms with E-state index in [0.717, 1.165) is 27.5 Å². The number of fused-ring (bicyclic) bond motifs is 2. The van der Waals surface area contributed by atoms with Crippen LogP contribution in [-0.2, 0) is 0 Å². The first-order valence-corrected chi connectivity index (χ1v) is 7.27. The maximum atomic E-state index is 6.37. The number of rotatable bonds is 1. The first kappa shape index (κ1) is 12.6. The summed E-state index contributed by atoms with van der Waals surface area (Å²) in [5.41, 5.74) is 2.79. The van der Waals surface area contributed by atoms with Gasteiger partial charge < -0.3 is 4.98 Å². The minimum absolute atomic E-state index is 0.620. The van der Waals surface area contributed by atoms with Crippen molar-refractivity contribution in [3.8, 4) is 5.69 Å². The second kappa shape index (κ2) is 4.69. The lowest BCUT2D eigenvalue weighted by molar-refractivity contribution is 1.07. The van der Waals surface area contributed by atoms with Crippen molar-refractivity contribution in [3.63, 3.8) is 0 Å². The number of halogens is 1. The van der Waals surface area contributed by atoms with Crippen molar-refractivity contribution in [2.24, 2.45) is 0 Å². The number of benzene rings is 2. The van der Waals surface area contributed by atoms with Crippen LogP contribution in [0.5, 0.6) is 0 Å². The number of H-pyrrole nitrogens is 1. The lowest BCUT2D eigenvalue weighted by Gasteiger charge is -2.09. The van der Waals surface area contributed by atoms with Gasteiger partial charge in [-0.2, -0.15) is 0 Å². The van der Waals surface area contributed by atoms with Gasteiger partial charge in [0.15, 0.2) is 4.77 Å². The third-order valence-electron chi connectivity index (χ3n) is 3.56. The van der Waals surface area contributed by atoms with E-state index in [-0.39, 0.29) is 0 Å². The Hall–Kier alpha value is -2.17. The highest BCUT2D eigenvalue weighted by Crippen LogP contribution is 2.29. The van der Waals surface area contributed by atoms with Gasteiger partial charge in [-0.1, -0.05) is 29.8 Å². The third-order valence-corrected chi connectivity index (χ3v) is 4.15. The molecule has 0 saturated carbocycles. The van der Waals surface area contributed by atoms with E-state index in [1.54, 1.807) is 6.20 Å². The van der Waals surface area contributed by atoms with Crippen LogP contribution in [-0.4, -0.2) is 14.5 Å². The van der Waals surface area contributed by atoms with Crippen LogP contribution in [0.25, 0.3) is 27.5 Å². The van der Waals surface area contributed by atoms with Gasteiger partial charge in [-0.3, -0.25) is 9.55 Å². The van der Waals surface area contributed by atoms with E-state index in [4.69, 9.17) is 23.8 Å². The van der Waals surface area contributed by atoms with Crippen LogP contribution in [0.4, 0.5) is 0 Å². The second-order valence-corrected chi connectivity index (χ2v) is 5.57. The van der Waals surface area contributed by atoms with E-state index >= 15 is 0 Å². The van der Waals surface area contributed by atoms with Crippen molar-refractivity contribution in [1.29, 1.82) is 0 Å². The van der Waals surface area contributed by atoms with Crippen LogP contribution < -0.4 is 0 Å². The number of hydrogen-bond donors (Lipinski definition) is 1. The van der Waals surface area contributed by atoms with E-state index in [1.165, 1.54) is 0 Å². The van der Waals surface area contributed by atoms with Crippen LogP contribution in [0.3, 0.4) is 0 Å². The molecule has 0 saturated heterocycles. The molecule has 2 aromatic carbocycles. The molecule has 4 rings (SSSR count). The summed E-state index contributed by atoms with van der Waals surface area (Å²) in [5.74, 6) is 0. The zero-order valence-electron chi connectivity index (χ0n) is 10.9. The highest BCUT2D eigenvalue weighted by atomic mass is 35.5. The molecule has 0 spiro atoms. The predicted molar refractivity (Wildman–Crippen MR) is 88.8 cm³/mol. The van der Waals surface area contributed by atoms with Gasteiger partial charge in [0.1, 0.15) is 0 Å². The fourth-order valence-electron chi connectivity index (χ4n) is 2.64. The number of nitrogens with one attached hydrogen (secondary N) is 1. The smallest absolute Gasteiger partial charge is 0.182 e. The number of nitrogens with zero attached hydrogens (tertiary/aromatic N) is 2. The maximum absolute atomic E-state index is 6.37. The molecule has 0 fully saturated rings. The Labute approximate surface area is 130 Å². The number of imidazole rings is 1. The molecule has 21 heavy (non-hydrogen) atoms. The highest BCUT2D eigenvalue weighted by molar-refractivity contribution is 7.71. The molecule has 2 heterocycles. The van der Waals surface area contributed by atoms with Gasteiger partial charge in [0, 0.05) is 17.8 Å². The van der Waals surface area contributed by atoms with E-state index in [9.17, 15) is 0 Å². The second-order valence-electron chi connectivity index (χ2n) is 4.78. The predicted octanol–water partition coefficient (Wildman–Crippen LogP) is 4.89. The third kappa shape index (κ3) is 1.87. The molecule has 0 aliphatic carbocycles. The van der Waals surface area contributed by atoms with Crippen molar-refractivity contribution in [2.45, 2.75) is 0 Å². The average molecular weight is 312 g/mol. The van der Waals surface area contributed by atoms with E-state index in [1.807, 2.05) is 47.2 Å². The Kier molecular flexibility index (Phi) is 2.80. The Morgan fingerprint density at radius 1 is 1.10 bits per heavy atom. The van der Waals surface area contributed by atoms with Crippen molar-refractivity contribution in [3.05, 3.63) is 64.7 Å². The van der Waals surface area contributed by atoms with Crippen LogP contribution in [0.15, 0.2) is 54.9 Å². The quantitative estimate of drug-likeness (QED) is 0.508. The Bertz CT molecular complexity index is 1030. The van der Waals surface area contributed by atoms with Crippen LogP contribution in [0.1, 0.15) is 0 Å². The molecule has 0 aliphatic rings. The lowest BCUT2D eigenvalue weighted by atomic mass is 10.1. The maximum Gasteiger partial charge on any atom is 0.182 e. The molecule has 102 valence electrons. The van der Waals surface area contributed by atoms with Crippen LogP contribution >= 0.6 is 23.8 Å². The fourth-order valence-corrected chi connectivity index (χ4v) is 3.20. The summed E-state index contributed by atoms with van der Waals surface area (Å²) in [6.07, 6.45) is 3.63. The molecular weight excluding hydrogens is 302 g/mol. The number of aromatic nitrogens is 3. The Balaban J connectivity index is 2.20. The molecule has 3 nitrogen and oxygen atoms in total. The number of para-hydroxylation sites is 1. The van der Waals surface area contributed by atoms with Gasteiger partial charge in [0.25, 0.3) is 0 Å². The first-order chi connectivity index (χ1) is 10.3. The molecule has 0 bridgehead atoms. The van der Waals surface area contributed by atoms with E-state index < -0.39 is 0 Å². The molecular formula is C16H10ClN3S.